The summed E-state index contributed by atoms with van der Waals surface area (Å²) in [6, 6.07) is 7.85. The molecule has 0 unspecified atom stereocenters. The number of nitrogens with zero attached hydrogens (tertiary/aromatic N) is 4. The highest BCUT2D eigenvalue weighted by atomic mass is 16.2. The van der Waals surface area contributed by atoms with Crippen molar-refractivity contribution < 1.29 is 14.4 Å². The van der Waals surface area contributed by atoms with Gasteiger partial charge < -0.3 is 35.6 Å². The van der Waals surface area contributed by atoms with Crippen LogP contribution in [0.25, 0.3) is 0 Å². The van der Waals surface area contributed by atoms with Gasteiger partial charge in [-0.25, -0.2) is 4.79 Å². The average Bonchev–Trinajstić information content (AvgIpc) is 3.22. The van der Waals surface area contributed by atoms with Gasteiger partial charge >= 0.3 is 6.03 Å². The quantitative estimate of drug-likeness (QED) is 0.432. The number of hydrogen-bond acceptors (Lipinski definition) is 6. The number of rotatable bonds is 7. The molecule has 1 aromatic carbocycles. The SMILES string of the molecule is O=C(C[C@H](NC1=C/C/C=C\NC/C=C\1)C(=O)N1CCC(N2CCCCC2)CC1)N1CCC(N2Cc3ccccc3NC2=O)CC1. The summed E-state index contributed by atoms with van der Waals surface area (Å²) < 4.78 is 0. The fourth-order valence-electron chi connectivity index (χ4n) is 7.45. The molecule has 5 aliphatic rings. The number of anilines is 1. The van der Waals surface area contributed by atoms with Gasteiger partial charge in [-0.1, -0.05) is 42.8 Å². The highest BCUT2D eigenvalue weighted by Crippen LogP contribution is 2.28. The van der Waals surface area contributed by atoms with Crippen LogP contribution < -0.4 is 16.0 Å². The van der Waals surface area contributed by atoms with Crippen LogP contribution in [0.1, 0.15) is 63.4 Å². The van der Waals surface area contributed by atoms with E-state index < -0.39 is 6.04 Å². The van der Waals surface area contributed by atoms with E-state index in [1.54, 1.807) is 0 Å². The molecular formula is C35H49N7O3. The molecule has 0 saturated carbocycles. The van der Waals surface area contributed by atoms with E-state index in [4.69, 9.17) is 0 Å². The summed E-state index contributed by atoms with van der Waals surface area (Å²) >= 11 is 0. The van der Waals surface area contributed by atoms with E-state index in [-0.39, 0.29) is 30.3 Å². The summed E-state index contributed by atoms with van der Waals surface area (Å²) in [5.41, 5.74) is 2.86. The van der Waals surface area contributed by atoms with Crippen LogP contribution in [0.2, 0.25) is 0 Å². The van der Waals surface area contributed by atoms with Gasteiger partial charge in [0.25, 0.3) is 0 Å². The standard InChI is InChI=1S/C35H49N7O3/c43-33(40-21-15-30(16-22-40)42-26-27-9-2-3-12-31(27)38-35(42)45)25-32(37-28-10-4-5-17-36-18-8-11-28)34(44)41-23-13-29(14-24-41)39-19-6-1-7-20-39/h2-3,5,8-12,17,29-30,32,36-37H,1,4,6-7,13-16,18-26H2,(H,38,45)/b11-8-,17-5-,28-10+/t32-/m0/s1. The summed E-state index contributed by atoms with van der Waals surface area (Å²) in [5.74, 6) is 0.00646. The largest absolute Gasteiger partial charge is 0.388 e. The molecular weight excluding hydrogens is 566 g/mol. The molecule has 0 bridgehead atoms. The molecule has 0 radical (unpaired) electrons. The van der Waals surface area contributed by atoms with E-state index in [1.807, 2.05) is 57.3 Å². The summed E-state index contributed by atoms with van der Waals surface area (Å²) in [6.45, 7) is 6.27. The van der Waals surface area contributed by atoms with Gasteiger partial charge in [-0.15, -0.1) is 0 Å². The first kappa shape index (κ1) is 31.2. The maximum absolute atomic E-state index is 14.0. The van der Waals surface area contributed by atoms with E-state index in [2.05, 4.69) is 33.0 Å². The first-order chi connectivity index (χ1) is 22.0. The van der Waals surface area contributed by atoms with E-state index in [0.717, 1.165) is 62.1 Å². The second-order valence-corrected chi connectivity index (χ2v) is 13.0. The number of amides is 4. The van der Waals surface area contributed by atoms with Crippen LogP contribution in [0.3, 0.4) is 0 Å². The Morgan fingerprint density at radius 2 is 1.62 bits per heavy atom. The van der Waals surface area contributed by atoms with Crippen LogP contribution in [0.4, 0.5) is 10.5 Å². The molecule has 0 spiro atoms. The number of carbonyl (C=O) groups excluding carboxylic acids is 3. The fraction of sp³-hybridized carbons (Fsp3) is 0.571. The monoisotopic (exact) mass is 615 g/mol. The van der Waals surface area contributed by atoms with Crippen LogP contribution in [-0.4, -0.2) is 101 Å². The van der Waals surface area contributed by atoms with Crippen molar-refractivity contribution in [2.75, 3.05) is 51.1 Å². The minimum atomic E-state index is -0.625. The molecule has 6 rings (SSSR count). The third-order valence-electron chi connectivity index (χ3n) is 10.1. The first-order valence-corrected chi connectivity index (χ1v) is 17.0. The summed E-state index contributed by atoms with van der Waals surface area (Å²) in [6.07, 6.45) is 18.3. The second kappa shape index (κ2) is 15.0. The molecule has 10 heteroatoms. The minimum Gasteiger partial charge on any atom is -0.388 e. The van der Waals surface area contributed by atoms with Crippen molar-refractivity contribution in [3.05, 3.63) is 66.0 Å². The normalized spacial score (nSPS) is 25.3. The van der Waals surface area contributed by atoms with Gasteiger partial charge in [0, 0.05) is 62.7 Å². The van der Waals surface area contributed by atoms with E-state index in [0.29, 0.717) is 32.2 Å². The van der Waals surface area contributed by atoms with Gasteiger partial charge in [0.15, 0.2) is 0 Å². The Bertz CT molecular complexity index is 1290. The number of urea groups is 1. The maximum Gasteiger partial charge on any atom is 0.322 e. The highest BCUT2D eigenvalue weighted by molar-refractivity contribution is 5.92. The molecule has 5 aliphatic heterocycles. The average molecular weight is 616 g/mol. The molecule has 10 nitrogen and oxygen atoms in total. The molecule has 3 N–H and O–H groups in total. The van der Waals surface area contributed by atoms with Crippen molar-refractivity contribution in [1.82, 2.24) is 30.2 Å². The summed E-state index contributed by atoms with van der Waals surface area (Å²) in [4.78, 5) is 49.0. The highest BCUT2D eigenvalue weighted by Gasteiger charge is 2.36. The summed E-state index contributed by atoms with van der Waals surface area (Å²) in [7, 11) is 0. The molecule has 3 fully saturated rings. The number of para-hydroxylation sites is 1. The fourth-order valence-corrected chi connectivity index (χ4v) is 7.45. The predicted molar refractivity (Wildman–Crippen MR) is 176 cm³/mol. The number of benzene rings is 1. The van der Waals surface area contributed by atoms with Gasteiger partial charge in [-0.2, -0.15) is 0 Å². The molecule has 1 atom stereocenters. The molecule has 45 heavy (non-hydrogen) atoms. The van der Waals surface area contributed by atoms with Gasteiger partial charge in [0.1, 0.15) is 6.04 Å². The lowest BCUT2D eigenvalue weighted by atomic mass is 9.98. The Morgan fingerprint density at radius 1 is 0.889 bits per heavy atom. The lowest BCUT2D eigenvalue weighted by molar-refractivity contribution is -0.140. The Morgan fingerprint density at radius 3 is 2.42 bits per heavy atom. The van der Waals surface area contributed by atoms with Crippen molar-refractivity contribution >= 4 is 23.5 Å². The lowest BCUT2D eigenvalue weighted by Crippen LogP contribution is -2.54. The zero-order valence-corrected chi connectivity index (χ0v) is 26.5. The number of piperidine rings is 3. The van der Waals surface area contributed by atoms with Crippen molar-refractivity contribution in [3.63, 3.8) is 0 Å². The molecule has 242 valence electrons. The zero-order valence-electron chi connectivity index (χ0n) is 26.5. The van der Waals surface area contributed by atoms with Crippen LogP contribution in [0, 0.1) is 0 Å². The Labute approximate surface area is 267 Å². The van der Waals surface area contributed by atoms with E-state index in [1.165, 1.54) is 32.4 Å². The molecule has 5 heterocycles. The predicted octanol–water partition coefficient (Wildman–Crippen LogP) is 3.80. The number of hydrogen-bond donors (Lipinski definition) is 3. The maximum atomic E-state index is 14.0. The van der Waals surface area contributed by atoms with Crippen molar-refractivity contribution in [2.45, 2.75) is 82.5 Å². The van der Waals surface area contributed by atoms with Gasteiger partial charge in [-0.3, -0.25) is 9.59 Å². The number of nitrogens with one attached hydrogen (secondary N) is 3. The van der Waals surface area contributed by atoms with Gasteiger partial charge in [-0.05, 0) is 81.9 Å². The smallest absolute Gasteiger partial charge is 0.322 e. The van der Waals surface area contributed by atoms with Crippen LogP contribution in [0.15, 0.2) is 60.5 Å². The second-order valence-electron chi connectivity index (χ2n) is 13.0. The first-order valence-electron chi connectivity index (χ1n) is 17.0. The Kier molecular flexibility index (Phi) is 10.4. The van der Waals surface area contributed by atoms with Crippen molar-refractivity contribution in [3.8, 4) is 0 Å². The Hall–Kier alpha value is -3.79. The van der Waals surface area contributed by atoms with Gasteiger partial charge in [0.05, 0.1) is 6.42 Å². The third-order valence-corrected chi connectivity index (χ3v) is 10.1. The van der Waals surface area contributed by atoms with Crippen LogP contribution in [0.5, 0.6) is 0 Å². The third kappa shape index (κ3) is 7.90. The summed E-state index contributed by atoms with van der Waals surface area (Å²) in [5, 5.41) is 9.71. The molecule has 1 aromatic rings. The number of likely N-dealkylation sites (tertiary alicyclic amines) is 3. The molecule has 4 amide bonds. The minimum absolute atomic E-state index is 0.00912. The molecule has 0 aromatic heterocycles. The Balaban J connectivity index is 1.08. The van der Waals surface area contributed by atoms with E-state index in [9.17, 15) is 14.4 Å². The zero-order chi connectivity index (χ0) is 31.0. The molecule has 3 saturated heterocycles. The van der Waals surface area contributed by atoms with Crippen LogP contribution in [-0.2, 0) is 16.1 Å². The lowest BCUT2D eigenvalue weighted by Gasteiger charge is -2.42. The number of allylic oxidation sites excluding steroid dienone is 3. The van der Waals surface area contributed by atoms with Crippen molar-refractivity contribution in [2.24, 2.45) is 0 Å². The topological polar surface area (TPSA) is 100 Å². The van der Waals surface area contributed by atoms with Crippen LogP contribution >= 0.6 is 0 Å². The molecule has 0 aliphatic carbocycles. The number of carbonyl (C=O) groups is 3. The number of fused-ring (bicyclic) bond motifs is 1. The van der Waals surface area contributed by atoms with E-state index >= 15 is 0 Å². The van der Waals surface area contributed by atoms with Crippen molar-refractivity contribution in [1.29, 1.82) is 0 Å². The van der Waals surface area contributed by atoms with Gasteiger partial charge in [0.2, 0.25) is 11.8 Å².